The molecule has 1 saturated heterocycles. The molecule has 25 heavy (non-hydrogen) atoms. The van der Waals surface area contributed by atoms with E-state index in [1.807, 2.05) is 66.4 Å². The van der Waals surface area contributed by atoms with E-state index in [-0.39, 0.29) is 12.0 Å². The Hall–Kier alpha value is -2.33. The van der Waals surface area contributed by atoms with Gasteiger partial charge < -0.3 is 14.4 Å². The van der Waals surface area contributed by atoms with Gasteiger partial charge in [0.2, 0.25) is 0 Å². The molecular formula is C21H25NO3. The first-order chi connectivity index (χ1) is 12.3. The van der Waals surface area contributed by atoms with Crippen molar-refractivity contribution in [2.24, 2.45) is 0 Å². The zero-order valence-electron chi connectivity index (χ0n) is 14.7. The topological polar surface area (TPSA) is 38.8 Å². The molecule has 1 heterocycles. The monoisotopic (exact) mass is 339 g/mol. The van der Waals surface area contributed by atoms with Gasteiger partial charge in [-0.05, 0) is 37.5 Å². The van der Waals surface area contributed by atoms with Crippen molar-refractivity contribution in [3.8, 4) is 5.75 Å². The average molecular weight is 339 g/mol. The third-order valence-electron chi connectivity index (χ3n) is 4.45. The Balaban J connectivity index is 1.71. The first-order valence-electron chi connectivity index (χ1n) is 8.94. The van der Waals surface area contributed by atoms with Crippen molar-refractivity contribution in [2.75, 3.05) is 19.8 Å². The second-order valence-corrected chi connectivity index (χ2v) is 6.25. The van der Waals surface area contributed by atoms with Crippen LogP contribution in [-0.2, 0) is 11.3 Å². The summed E-state index contributed by atoms with van der Waals surface area (Å²) < 4.78 is 11.5. The molecule has 0 bridgehead atoms. The molecule has 4 heteroatoms. The highest BCUT2D eigenvalue weighted by atomic mass is 16.5. The fourth-order valence-corrected chi connectivity index (χ4v) is 3.03. The molecule has 1 atom stereocenters. The molecule has 2 aromatic rings. The van der Waals surface area contributed by atoms with E-state index >= 15 is 0 Å². The van der Waals surface area contributed by atoms with Gasteiger partial charge in [0.15, 0.2) is 0 Å². The van der Waals surface area contributed by atoms with Crippen molar-refractivity contribution in [3.05, 3.63) is 65.7 Å². The van der Waals surface area contributed by atoms with Crippen LogP contribution in [0.3, 0.4) is 0 Å². The maximum atomic E-state index is 13.0. The summed E-state index contributed by atoms with van der Waals surface area (Å²) in [5.41, 5.74) is 1.73. The van der Waals surface area contributed by atoms with Crippen LogP contribution in [0.2, 0.25) is 0 Å². The zero-order chi connectivity index (χ0) is 17.5. The number of rotatable bonds is 7. The summed E-state index contributed by atoms with van der Waals surface area (Å²) in [6.45, 7) is 4.53. The van der Waals surface area contributed by atoms with Crippen LogP contribution in [0, 0.1) is 0 Å². The van der Waals surface area contributed by atoms with Gasteiger partial charge in [-0.15, -0.1) is 0 Å². The van der Waals surface area contributed by atoms with Gasteiger partial charge in [0.1, 0.15) is 12.4 Å². The molecule has 132 valence electrons. The third kappa shape index (κ3) is 4.60. The predicted octanol–water partition coefficient (Wildman–Crippen LogP) is 3.91. The molecule has 0 spiro atoms. The lowest BCUT2D eigenvalue weighted by Gasteiger charge is -2.23. The van der Waals surface area contributed by atoms with Crippen LogP contribution in [0.25, 0.3) is 0 Å². The Morgan fingerprint density at radius 3 is 2.64 bits per heavy atom. The highest BCUT2D eigenvalue weighted by Gasteiger charge is 2.21. The molecular weight excluding hydrogens is 314 g/mol. The highest BCUT2D eigenvalue weighted by Crippen LogP contribution is 2.22. The third-order valence-corrected chi connectivity index (χ3v) is 4.45. The van der Waals surface area contributed by atoms with Crippen molar-refractivity contribution in [1.82, 2.24) is 4.90 Å². The second kappa shape index (κ2) is 8.67. The second-order valence-electron chi connectivity index (χ2n) is 6.25. The number of hydrogen-bond donors (Lipinski definition) is 0. The SMILES string of the molecule is CCN(Cc1ccccc1)C(=O)c1ccccc1OCC1CCCO1. The first kappa shape index (κ1) is 17.5. The minimum absolute atomic E-state index is 0.00528. The maximum absolute atomic E-state index is 13.0. The molecule has 0 radical (unpaired) electrons. The Morgan fingerprint density at radius 1 is 1.16 bits per heavy atom. The van der Waals surface area contributed by atoms with Crippen LogP contribution in [-0.4, -0.2) is 36.7 Å². The molecule has 1 unspecified atom stereocenters. The van der Waals surface area contributed by atoms with E-state index in [0.29, 0.717) is 31.0 Å². The van der Waals surface area contributed by atoms with Crippen molar-refractivity contribution in [1.29, 1.82) is 0 Å². The largest absolute Gasteiger partial charge is 0.490 e. The summed E-state index contributed by atoms with van der Waals surface area (Å²) in [4.78, 5) is 14.8. The molecule has 0 aromatic heterocycles. The van der Waals surface area contributed by atoms with Gasteiger partial charge in [0, 0.05) is 19.7 Å². The van der Waals surface area contributed by atoms with E-state index in [0.717, 1.165) is 25.0 Å². The molecule has 1 aliphatic rings. The summed E-state index contributed by atoms with van der Waals surface area (Å²) in [6, 6.07) is 17.5. The fraction of sp³-hybridized carbons (Fsp3) is 0.381. The Bertz CT molecular complexity index is 681. The maximum Gasteiger partial charge on any atom is 0.257 e. The van der Waals surface area contributed by atoms with Crippen LogP contribution < -0.4 is 4.74 Å². The Labute approximate surface area is 149 Å². The van der Waals surface area contributed by atoms with Gasteiger partial charge in [-0.25, -0.2) is 0 Å². The van der Waals surface area contributed by atoms with E-state index in [1.165, 1.54) is 0 Å². The molecule has 4 nitrogen and oxygen atoms in total. The molecule has 0 aliphatic carbocycles. The van der Waals surface area contributed by atoms with Crippen LogP contribution in [0.1, 0.15) is 35.7 Å². The molecule has 0 N–H and O–H groups in total. The normalized spacial score (nSPS) is 16.6. The number of benzene rings is 2. The van der Waals surface area contributed by atoms with Gasteiger partial charge in [-0.3, -0.25) is 4.79 Å². The van der Waals surface area contributed by atoms with Crippen LogP contribution in [0.15, 0.2) is 54.6 Å². The predicted molar refractivity (Wildman–Crippen MR) is 97.8 cm³/mol. The standard InChI is InChI=1S/C21H25NO3/c1-2-22(15-17-9-4-3-5-10-17)21(23)19-12-6-7-13-20(19)25-16-18-11-8-14-24-18/h3-7,9-10,12-13,18H,2,8,11,14-16H2,1H3. The fourth-order valence-electron chi connectivity index (χ4n) is 3.03. The minimum atomic E-state index is -0.00528. The van der Waals surface area contributed by atoms with E-state index in [1.54, 1.807) is 0 Å². The Morgan fingerprint density at radius 2 is 1.92 bits per heavy atom. The van der Waals surface area contributed by atoms with Crippen LogP contribution in [0.5, 0.6) is 5.75 Å². The molecule has 3 rings (SSSR count). The average Bonchev–Trinajstić information content (AvgIpc) is 3.18. The summed E-state index contributed by atoms with van der Waals surface area (Å²) in [5.74, 6) is 0.629. The molecule has 1 fully saturated rings. The van der Waals surface area contributed by atoms with Crippen molar-refractivity contribution >= 4 is 5.91 Å². The number of carbonyl (C=O) groups is 1. The number of hydrogen-bond acceptors (Lipinski definition) is 3. The zero-order valence-corrected chi connectivity index (χ0v) is 14.7. The van der Waals surface area contributed by atoms with E-state index in [4.69, 9.17) is 9.47 Å². The molecule has 1 aliphatic heterocycles. The van der Waals surface area contributed by atoms with Crippen molar-refractivity contribution in [3.63, 3.8) is 0 Å². The van der Waals surface area contributed by atoms with Gasteiger partial charge in [-0.1, -0.05) is 42.5 Å². The summed E-state index contributed by atoms with van der Waals surface area (Å²) in [7, 11) is 0. The summed E-state index contributed by atoms with van der Waals surface area (Å²) >= 11 is 0. The lowest BCUT2D eigenvalue weighted by atomic mass is 10.1. The summed E-state index contributed by atoms with van der Waals surface area (Å²) in [5, 5.41) is 0. The molecule has 0 saturated carbocycles. The van der Waals surface area contributed by atoms with Gasteiger partial charge in [0.05, 0.1) is 11.7 Å². The number of ether oxygens (including phenoxy) is 2. The van der Waals surface area contributed by atoms with Gasteiger partial charge in [-0.2, -0.15) is 0 Å². The first-order valence-corrected chi connectivity index (χ1v) is 8.94. The van der Waals surface area contributed by atoms with Gasteiger partial charge >= 0.3 is 0 Å². The number of nitrogens with zero attached hydrogens (tertiary/aromatic N) is 1. The van der Waals surface area contributed by atoms with Gasteiger partial charge in [0.25, 0.3) is 5.91 Å². The lowest BCUT2D eigenvalue weighted by molar-refractivity contribution is 0.0650. The van der Waals surface area contributed by atoms with Crippen molar-refractivity contribution in [2.45, 2.75) is 32.4 Å². The highest BCUT2D eigenvalue weighted by molar-refractivity contribution is 5.96. The van der Waals surface area contributed by atoms with E-state index in [2.05, 4.69) is 0 Å². The minimum Gasteiger partial charge on any atom is -0.490 e. The summed E-state index contributed by atoms with van der Waals surface area (Å²) in [6.07, 6.45) is 2.23. The number of carbonyl (C=O) groups excluding carboxylic acids is 1. The van der Waals surface area contributed by atoms with Crippen LogP contribution >= 0.6 is 0 Å². The molecule has 2 aromatic carbocycles. The van der Waals surface area contributed by atoms with Crippen molar-refractivity contribution < 1.29 is 14.3 Å². The number of amides is 1. The Kier molecular flexibility index (Phi) is 6.07. The van der Waals surface area contributed by atoms with E-state index in [9.17, 15) is 4.79 Å². The lowest BCUT2D eigenvalue weighted by Crippen LogP contribution is -2.31. The van der Waals surface area contributed by atoms with Crippen LogP contribution in [0.4, 0.5) is 0 Å². The smallest absolute Gasteiger partial charge is 0.257 e. The van der Waals surface area contributed by atoms with E-state index < -0.39 is 0 Å². The molecule has 1 amide bonds. The number of para-hydroxylation sites is 1. The quantitative estimate of drug-likeness (QED) is 0.768.